The zero-order valence-electron chi connectivity index (χ0n) is 10.0. The second kappa shape index (κ2) is 5.64. The van der Waals surface area contributed by atoms with Gasteiger partial charge in [0.1, 0.15) is 5.82 Å². The maximum absolute atomic E-state index is 13.2. The molecule has 5 heteroatoms. The van der Waals surface area contributed by atoms with Gasteiger partial charge in [-0.25, -0.2) is 4.39 Å². The highest BCUT2D eigenvalue weighted by molar-refractivity contribution is 9.09. The lowest BCUT2D eigenvalue weighted by Gasteiger charge is -2.10. The standard InChI is InChI=1S/C15H8BrCl2FS/c16-15(11-6-9(17)2-4-12(11)18)14-5-8-1-3-10(19)7-13(8)20-14/h1-7,15H. The fourth-order valence-corrected chi connectivity index (χ4v) is 4.43. The smallest absolute Gasteiger partial charge is 0.124 e. The van der Waals surface area contributed by atoms with E-state index in [0.717, 1.165) is 20.5 Å². The van der Waals surface area contributed by atoms with E-state index in [1.807, 2.05) is 12.1 Å². The molecule has 0 bridgehead atoms. The highest BCUT2D eigenvalue weighted by atomic mass is 79.9. The number of hydrogen-bond acceptors (Lipinski definition) is 1. The maximum atomic E-state index is 13.2. The first-order valence-corrected chi connectivity index (χ1v) is 8.31. The van der Waals surface area contributed by atoms with Gasteiger partial charge in [-0.05, 0) is 47.3 Å². The van der Waals surface area contributed by atoms with Crippen LogP contribution in [-0.4, -0.2) is 0 Å². The van der Waals surface area contributed by atoms with Crippen molar-refractivity contribution < 1.29 is 4.39 Å². The van der Waals surface area contributed by atoms with Crippen molar-refractivity contribution in [2.45, 2.75) is 4.83 Å². The SMILES string of the molecule is Fc1ccc2cc(C(Br)c3cc(Cl)ccc3Cl)sc2c1. The van der Waals surface area contributed by atoms with Crippen LogP contribution >= 0.6 is 50.5 Å². The average molecular weight is 390 g/mol. The first-order valence-electron chi connectivity index (χ1n) is 5.82. The Kier molecular flexibility index (Phi) is 4.04. The van der Waals surface area contributed by atoms with Gasteiger partial charge in [0.2, 0.25) is 0 Å². The first kappa shape index (κ1) is 14.3. The summed E-state index contributed by atoms with van der Waals surface area (Å²) in [5.74, 6) is -0.224. The summed E-state index contributed by atoms with van der Waals surface area (Å²) in [6, 6.07) is 12.2. The number of alkyl halides is 1. The molecule has 0 saturated heterocycles. The number of rotatable bonds is 2. The van der Waals surface area contributed by atoms with Crippen LogP contribution in [0.15, 0.2) is 42.5 Å². The lowest BCUT2D eigenvalue weighted by Crippen LogP contribution is -1.90. The quantitative estimate of drug-likeness (QED) is 0.421. The summed E-state index contributed by atoms with van der Waals surface area (Å²) in [7, 11) is 0. The van der Waals surface area contributed by atoms with Crippen LogP contribution in [0.4, 0.5) is 4.39 Å². The van der Waals surface area contributed by atoms with Crippen molar-refractivity contribution in [2.24, 2.45) is 0 Å². The van der Waals surface area contributed by atoms with E-state index in [0.29, 0.717) is 10.0 Å². The summed E-state index contributed by atoms with van der Waals surface area (Å²) >= 11 is 17.4. The Labute approximate surface area is 138 Å². The topological polar surface area (TPSA) is 0 Å². The van der Waals surface area contributed by atoms with Gasteiger partial charge in [0.15, 0.2) is 0 Å². The molecule has 0 aliphatic carbocycles. The number of hydrogen-bond donors (Lipinski definition) is 0. The van der Waals surface area contributed by atoms with E-state index in [1.165, 1.54) is 6.07 Å². The van der Waals surface area contributed by atoms with Crippen LogP contribution in [0.3, 0.4) is 0 Å². The van der Waals surface area contributed by atoms with E-state index in [9.17, 15) is 4.39 Å². The average Bonchev–Trinajstić information content (AvgIpc) is 2.83. The van der Waals surface area contributed by atoms with Gasteiger partial charge in [0, 0.05) is 19.6 Å². The van der Waals surface area contributed by atoms with Crippen LogP contribution in [0.1, 0.15) is 15.3 Å². The predicted molar refractivity (Wildman–Crippen MR) is 89.0 cm³/mol. The van der Waals surface area contributed by atoms with Gasteiger partial charge >= 0.3 is 0 Å². The van der Waals surface area contributed by atoms with Crippen molar-refractivity contribution in [1.29, 1.82) is 0 Å². The number of benzene rings is 2. The molecule has 0 radical (unpaired) electrons. The van der Waals surface area contributed by atoms with Crippen molar-refractivity contribution in [3.8, 4) is 0 Å². The van der Waals surface area contributed by atoms with E-state index in [-0.39, 0.29) is 10.6 Å². The molecule has 3 aromatic rings. The third kappa shape index (κ3) is 2.73. The minimum absolute atomic E-state index is 0.0610. The Morgan fingerprint density at radius 1 is 1.05 bits per heavy atom. The van der Waals surface area contributed by atoms with Gasteiger partial charge in [-0.15, -0.1) is 11.3 Å². The third-order valence-corrected chi connectivity index (χ3v) is 6.01. The summed E-state index contributed by atoms with van der Waals surface area (Å²) in [6.45, 7) is 0. The van der Waals surface area contributed by atoms with E-state index in [1.54, 1.807) is 35.6 Å². The molecule has 0 aliphatic rings. The summed E-state index contributed by atoms with van der Waals surface area (Å²) < 4.78 is 14.2. The molecule has 1 unspecified atom stereocenters. The fourth-order valence-electron chi connectivity index (χ4n) is 2.01. The lowest BCUT2D eigenvalue weighted by atomic mass is 10.1. The highest BCUT2D eigenvalue weighted by Crippen LogP contribution is 2.41. The Balaban J connectivity index is 2.07. The first-order chi connectivity index (χ1) is 9.54. The van der Waals surface area contributed by atoms with Crippen molar-refractivity contribution in [3.05, 3.63) is 68.8 Å². The van der Waals surface area contributed by atoms with Crippen LogP contribution in [0.5, 0.6) is 0 Å². The molecule has 0 N–H and O–H groups in total. The summed E-state index contributed by atoms with van der Waals surface area (Å²) in [4.78, 5) is 1.00. The second-order valence-electron chi connectivity index (χ2n) is 4.36. The zero-order valence-corrected chi connectivity index (χ0v) is 14.0. The Bertz CT molecular complexity index is 785. The van der Waals surface area contributed by atoms with Gasteiger partial charge in [-0.1, -0.05) is 45.2 Å². The van der Waals surface area contributed by atoms with E-state index in [4.69, 9.17) is 23.2 Å². The van der Waals surface area contributed by atoms with Gasteiger partial charge < -0.3 is 0 Å². The Morgan fingerprint density at radius 3 is 2.65 bits per heavy atom. The Hall–Kier alpha value is -0.610. The van der Waals surface area contributed by atoms with Crippen molar-refractivity contribution in [3.63, 3.8) is 0 Å². The molecule has 1 aromatic heterocycles. The molecule has 0 saturated carbocycles. The van der Waals surface area contributed by atoms with Crippen LogP contribution in [0.2, 0.25) is 10.0 Å². The third-order valence-electron chi connectivity index (χ3n) is 2.98. The van der Waals surface area contributed by atoms with Crippen LogP contribution in [0, 0.1) is 5.82 Å². The fraction of sp³-hybridized carbons (Fsp3) is 0.0667. The number of halogens is 4. The van der Waals surface area contributed by atoms with Crippen molar-refractivity contribution in [1.82, 2.24) is 0 Å². The monoisotopic (exact) mass is 388 g/mol. The summed E-state index contributed by atoms with van der Waals surface area (Å²) in [5, 5.41) is 2.31. The predicted octanol–water partition coefficient (Wildman–Crippen LogP) is 6.83. The molecule has 2 aromatic carbocycles. The maximum Gasteiger partial charge on any atom is 0.124 e. The Morgan fingerprint density at radius 2 is 1.85 bits per heavy atom. The highest BCUT2D eigenvalue weighted by Gasteiger charge is 2.17. The lowest BCUT2D eigenvalue weighted by molar-refractivity contribution is 0.630. The van der Waals surface area contributed by atoms with Gasteiger partial charge in [0.25, 0.3) is 0 Å². The van der Waals surface area contributed by atoms with E-state index in [2.05, 4.69) is 15.9 Å². The molecule has 0 aliphatic heterocycles. The van der Waals surface area contributed by atoms with Gasteiger partial charge in [-0.2, -0.15) is 0 Å². The zero-order chi connectivity index (χ0) is 14.3. The second-order valence-corrected chi connectivity index (χ2v) is 7.23. The molecule has 0 nitrogen and oxygen atoms in total. The van der Waals surface area contributed by atoms with Gasteiger partial charge in [0.05, 0.1) is 4.83 Å². The normalized spacial score (nSPS) is 12.8. The molecule has 102 valence electrons. The number of thiophene rings is 1. The molecule has 0 amide bonds. The molecular formula is C15H8BrCl2FS. The molecule has 3 rings (SSSR count). The number of fused-ring (bicyclic) bond motifs is 1. The van der Waals surface area contributed by atoms with Crippen molar-refractivity contribution >= 4 is 60.6 Å². The largest absolute Gasteiger partial charge is 0.207 e. The molecule has 20 heavy (non-hydrogen) atoms. The van der Waals surface area contributed by atoms with E-state index >= 15 is 0 Å². The van der Waals surface area contributed by atoms with Gasteiger partial charge in [-0.3, -0.25) is 0 Å². The van der Waals surface area contributed by atoms with Crippen LogP contribution in [0.25, 0.3) is 10.1 Å². The van der Waals surface area contributed by atoms with E-state index < -0.39 is 0 Å². The molecule has 1 heterocycles. The molecular weight excluding hydrogens is 382 g/mol. The summed E-state index contributed by atoms with van der Waals surface area (Å²) in [5.41, 5.74) is 0.909. The molecule has 1 atom stereocenters. The van der Waals surface area contributed by atoms with Crippen LogP contribution < -0.4 is 0 Å². The minimum atomic E-state index is -0.224. The van der Waals surface area contributed by atoms with Crippen LogP contribution in [-0.2, 0) is 0 Å². The van der Waals surface area contributed by atoms with Crippen molar-refractivity contribution in [2.75, 3.05) is 0 Å². The molecule has 0 spiro atoms. The summed E-state index contributed by atoms with van der Waals surface area (Å²) in [6.07, 6.45) is 0. The minimum Gasteiger partial charge on any atom is -0.207 e. The molecule has 0 fully saturated rings.